The SMILES string of the molecule is CCN(c1cc(-c2ccc(CN3CCOCC3)cc2)cc(C(=O)NCc2c(C)cc(C)[nH]c2=O)c1C)C(O)C1CCCCC1. The lowest BCUT2D eigenvalue weighted by Crippen LogP contribution is -2.42. The quantitative estimate of drug-likeness (QED) is 0.268. The van der Waals surface area contributed by atoms with E-state index in [9.17, 15) is 14.7 Å². The summed E-state index contributed by atoms with van der Waals surface area (Å²) in [4.78, 5) is 33.7. The Morgan fingerprint density at radius 2 is 1.75 bits per heavy atom. The summed E-state index contributed by atoms with van der Waals surface area (Å²) in [7, 11) is 0. The average molecular weight is 601 g/mol. The van der Waals surface area contributed by atoms with Crippen LogP contribution in [0, 0.1) is 26.7 Å². The van der Waals surface area contributed by atoms with Gasteiger partial charge >= 0.3 is 0 Å². The molecule has 0 bridgehead atoms. The number of aryl methyl sites for hydroxylation is 2. The molecule has 1 unspecified atom stereocenters. The number of aromatic nitrogens is 1. The minimum Gasteiger partial charge on any atom is -0.379 e. The molecular formula is C36H48N4O4. The topological polar surface area (TPSA) is 97.9 Å². The fourth-order valence-corrected chi connectivity index (χ4v) is 6.77. The largest absolute Gasteiger partial charge is 0.379 e. The van der Waals surface area contributed by atoms with Gasteiger partial charge in [0, 0.05) is 61.1 Å². The number of aromatic amines is 1. The van der Waals surface area contributed by atoms with Gasteiger partial charge in [0.25, 0.3) is 11.5 Å². The van der Waals surface area contributed by atoms with Crippen molar-refractivity contribution in [3.8, 4) is 11.1 Å². The van der Waals surface area contributed by atoms with Gasteiger partial charge in [-0.15, -0.1) is 0 Å². The van der Waals surface area contributed by atoms with Crippen molar-refractivity contribution in [2.24, 2.45) is 5.92 Å². The number of hydrogen-bond donors (Lipinski definition) is 3. The second kappa shape index (κ2) is 14.5. The third kappa shape index (κ3) is 7.42. The Kier molecular flexibility index (Phi) is 10.6. The Morgan fingerprint density at radius 1 is 1.05 bits per heavy atom. The number of pyridine rings is 1. The fourth-order valence-electron chi connectivity index (χ4n) is 6.77. The number of nitrogens with zero attached hydrogens (tertiary/aromatic N) is 2. The van der Waals surface area contributed by atoms with Crippen molar-refractivity contribution >= 4 is 11.6 Å². The molecule has 2 heterocycles. The van der Waals surface area contributed by atoms with Crippen molar-refractivity contribution < 1.29 is 14.6 Å². The number of aliphatic hydroxyl groups is 1. The van der Waals surface area contributed by atoms with Crippen LogP contribution in [0.1, 0.15) is 77.3 Å². The molecule has 44 heavy (non-hydrogen) atoms. The van der Waals surface area contributed by atoms with E-state index in [4.69, 9.17) is 4.74 Å². The van der Waals surface area contributed by atoms with Crippen LogP contribution in [0.2, 0.25) is 0 Å². The number of carbonyl (C=O) groups excluding carboxylic acids is 1. The smallest absolute Gasteiger partial charge is 0.253 e. The molecule has 236 valence electrons. The molecule has 1 saturated carbocycles. The Morgan fingerprint density at radius 3 is 2.41 bits per heavy atom. The number of ether oxygens (including phenoxy) is 1. The highest BCUT2D eigenvalue weighted by Gasteiger charge is 2.29. The van der Waals surface area contributed by atoms with Crippen LogP contribution in [0.4, 0.5) is 5.69 Å². The third-order valence-electron chi connectivity index (χ3n) is 9.38. The molecular weight excluding hydrogens is 552 g/mol. The molecule has 1 atom stereocenters. The molecule has 8 nitrogen and oxygen atoms in total. The van der Waals surface area contributed by atoms with Gasteiger partial charge in [-0.1, -0.05) is 43.5 Å². The van der Waals surface area contributed by atoms with Crippen LogP contribution in [0.25, 0.3) is 11.1 Å². The molecule has 0 spiro atoms. The van der Waals surface area contributed by atoms with Gasteiger partial charge in [-0.2, -0.15) is 0 Å². The van der Waals surface area contributed by atoms with Crippen molar-refractivity contribution in [2.45, 2.75) is 79.1 Å². The monoisotopic (exact) mass is 600 g/mol. The van der Waals surface area contributed by atoms with Crippen LogP contribution in [0.5, 0.6) is 0 Å². The zero-order chi connectivity index (χ0) is 31.2. The predicted octanol–water partition coefficient (Wildman–Crippen LogP) is 5.45. The van der Waals surface area contributed by atoms with Crippen molar-refractivity contribution in [1.29, 1.82) is 0 Å². The third-order valence-corrected chi connectivity index (χ3v) is 9.38. The second-order valence-electron chi connectivity index (χ2n) is 12.5. The molecule has 3 aromatic rings. The normalized spacial score (nSPS) is 16.9. The highest BCUT2D eigenvalue weighted by atomic mass is 16.5. The van der Waals surface area contributed by atoms with Crippen LogP contribution in [0.15, 0.2) is 47.3 Å². The molecule has 1 aliphatic carbocycles. The number of anilines is 1. The molecule has 1 amide bonds. The number of rotatable bonds is 10. The van der Waals surface area contributed by atoms with E-state index >= 15 is 0 Å². The summed E-state index contributed by atoms with van der Waals surface area (Å²) in [6, 6.07) is 14.5. The van der Waals surface area contributed by atoms with E-state index in [1.165, 1.54) is 12.0 Å². The van der Waals surface area contributed by atoms with Gasteiger partial charge in [-0.3, -0.25) is 14.5 Å². The standard InChI is InChI=1S/C36H48N4O4/c1-5-40(36(43)29-9-7-6-8-10-29)33-21-30(28-13-11-27(12-14-28)23-39-15-17-44-18-16-39)20-31(26(33)4)34(41)37-22-32-24(2)19-25(3)38-35(32)42/h11-14,19-21,29,36,43H,5-10,15-18,22-23H2,1-4H3,(H,37,41)(H,38,42). The molecule has 1 aliphatic heterocycles. The first-order valence-corrected chi connectivity index (χ1v) is 16.2. The first-order chi connectivity index (χ1) is 21.2. The van der Waals surface area contributed by atoms with E-state index < -0.39 is 6.23 Å². The number of benzene rings is 2. The Balaban J connectivity index is 1.47. The van der Waals surface area contributed by atoms with Gasteiger partial charge in [0.05, 0.1) is 13.2 Å². The summed E-state index contributed by atoms with van der Waals surface area (Å²) in [5.41, 5.74) is 7.43. The van der Waals surface area contributed by atoms with Crippen LogP contribution in [-0.2, 0) is 17.8 Å². The molecule has 2 aromatic carbocycles. The van der Waals surface area contributed by atoms with Crippen molar-refractivity contribution in [3.05, 3.63) is 86.3 Å². The maximum Gasteiger partial charge on any atom is 0.253 e. The van der Waals surface area contributed by atoms with Crippen LogP contribution >= 0.6 is 0 Å². The van der Waals surface area contributed by atoms with E-state index in [2.05, 4.69) is 57.4 Å². The zero-order valence-electron chi connectivity index (χ0n) is 26.7. The van der Waals surface area contributed by atoms with E-state index in [1.807, 2.05) is 32.9 Å². The molecule has 0 radical (unpaired) electrons. The number of amides is 1. The highest BCUT2D eigenvalue weighted by Crippen LogP contribution is 2.36. The first-order valence-electron chi connectivity index (χ1n) is 16.2. The highest BCUT2D eigenvalue weighted by molar-refractivity contribution is 5.99. The lowest BCUT2D eigenvalue weighted by atomic mass is 9.87. The Labute approximate surface area is 261 Å². The number of aliphatic hydroxyl groups excluding tert-OH is 1. The van der Waals surface area contributed by atoms with Gasteiger partial charge in [-0.05, 0) is 86.6 Å². The van der Waals surface area contributed by atoms with Gasteiger partial charge < -0.3 is 25.0 Å². The van der Waals surface area contributed by atoms with Gasteiger partial charge in [-0.25, -0.2) is 0 Å². The summed E-state index contributed by atoms with van der Waals surface area (Å²) in [5, 5.41) is 14.6. The second-order valence-corrected chi connectivity index (χ2v) is 12.5. The first kappa shape index (κ1) is 31.9. The number of carbonyl (C=O) groups is 1. The van der Waals surface area contributed by atoms with Gasteiger partial charge in [0.2, 0.25) is 0 Å². The van der Waals surface area contributed by atoms with Crippen molar-refractivity contribution in [1.82, 2.24) is 15.2 Å². The minimum atomic E-state index is -0.616. The van der Waals surface area contributed by atoms with Crippen LogP contribution in [0.3, 0.4) is 0 Å². The summed E-state index contributed by atoms with van der Waals surface area (Å²) in [6.07, 6.45) is 4.91. The minimum absolute atomic E-state index is 0.137. The molecule has 1 saturated heterocycles. The molecule has 2 fully saturated rings. The Bertz CT molecular complexity index is 1490. The van der Waals surface area contributed by atoms with Crippen LogP contribution in [-0.4, -0.2) is 60.0 Å². The van der Waals surface area contributed by atoms with Gasteiger partial charge in [0.1, 0.15) is 6.23 Å². The summed E-state index contributed by atoms with van der Waals surface area (Å²) in [5.74, 6) is -0.0307. The Hall–Kier alpha value is -3.46. The van der Waals surface area contributed by atoms with Crippen molar-refractivity contribution in [3.63, 3.8) is 0 Å². The number of nitrogens with one attached hydrogen (secondary N) is 2. The van der Waals surface area contributed by atoms with Gasteiger partial charge in [0.15, 0.2) is 0 Å². The predicted molar refractivity (Wildman–Crippen MR) is 176 cm³/mol. The van der Waals surface area contributed by atoms with E-state index in [0.29, 0.717) is 17.7 Å². The van der Waals surface area contributed by atoms with E-state index in [-0.39, 0.29) is 23.9 Å². The number of morpholine rings is 1. The summed E-state index contributed by atoms with van der Waals surface area (Å²) >= 11 is 0. The fraction of sp³-hybridized carbons (Fsp3) is 0.500. The van der Waals surface area contributed by atoms with Crippen LogP contribution < -0.4 is 15.8 Å². The lowest BCUT2D eigenvalue weighted by Gasteiger charge is -2.37. The maximum atomic E-state index is 13.8. The molecule has 8 heteroatoms. The average Bonchev–Trinajstić information content (AvgIpc) is 3.03. The zero-order valence-corrected chi connectivity index (χ0v) is 26.7. The molecule has 5 rings (SSSR count). The summed E-state index contributed by atoms with van der Waals surface area (Å²) < 4.78 is 5.50. The number of hydrogen-bond acceptors (Lipinski definition) is 6. The van der Waals surface area contributed by atoms with Crippen molar-refractivity contribution in [2.75, 3.05) is 37.7 Å². The maximum absolute atomic E-state index is 13.8. The molecule has 3 N–H and O–H groups in total. The lowest BCUT2D eigenvalue weighted by molar-refractivity contribution is 0.0342. The van der Waals surface area contributed by atoms with E-state index in [0.717, 1.165) is 92.2 Å². The summed E-state index contributed by atoms with van der Waals surface area (Å²) in [6.45, 7) is 12.8. The molecule has 2 aliphatic rings. The van der Waals surface area contributed by atoms with E-state index in [1.54, 1.807) is 0 Å². The molecule has 1 aromatic heterocycles. The number of H-pyrrole nitrogens is 1.